The standard InChI is InChI=1S/C25H25N3O2S/c26-24(29)17-31-23-11-5-4-10-21(23)25(30)27-20-12-13-22-19(15-20)9-6-14-28(22)16-18-7-2-1-3-8-18/h1-5,7-8,10-13,15H,6,9,14,16-17H2,(H2,26,29)(H,27,30). The minimum Gasteiger partial charge on any atom is -0.369 e. The van der Waals surface area contributed by atoms with Crippen LogP contribution < -0.4 is 16.0 Å². The van der Waals surface area contributed by atoms with E-state index in [1.54, 1.807) is 6.07 Å². The average Bonchev–Trinajstić information content (AvgIpc) is 2.78. The van der Waals surface area contributed by atoms with Crippen molar-refractivity contribution in [3.63, 3.8) is 0 Å². The summed E-state index contributed by atoms with van der Waals surface area (Å²) in [4.78, 5) is 27.2. The maximum atomic E-state index is 12.9. The Morgan fingerprint density at radius 2 is 1.77 bits per heavy atom. The van der Waals surface area contributed by atoms with Crippen molar-refractivity contribution in [1.29, 1.82) is 0 Å². The van der Waals surface area contributed by atoms with E-state index in [0.29, 0.717) is 5.56 Å². The lowest BCUT2D eigenvalue weighted by Gasteiger charge is -2.31. The molecular formula is C25H25N3O2S. The van der Waals surface area contributed by atoms with Gasteiger partial charge in [-0.1, -0.05) is 42.5 Å². The van der Waals surface area contributed by atoms with Gasteiger partial charge < -0.3 is 16.0 Å². The first kappa shape index (κ1) is 21.0. The summed E-state index contributed by atoms with van der Waals surface area (Å²) in [5.74, 6) is -0.458. The molecule has 0 saturated heterocycles. The highest BCUT2D eigenvalue weighted by molar-refractivity contribution is 8.00. The van der Waals surface area contributed by atoms with Crippen LogP contribution in [-0.2, 0) is 17.8 Å². The van der Waals surface area contributed by atoms with Gasteiger partial charge in [-0.3, -0.25) is 9.59 Å². The maximum absolute atomic E-state index is 12.9. The summed E-state index contributed by atoms with van der Waals surface area (Å²) >= 11 is 1.28. The van der Waals surface area contributed by atoms with E-state index in [4.69, 9.17) is 5.73 Å². The largest absolute Gasteiger partial charge is 0.369 e. The predicted molar refractivity (Wildman–Crippen MR) is 127 cm³/mol. The molecule has 1 heterocycles. The molecule has 0 aliphatic carbocycles. The van der Waals surface area contributed by atoms with Crippen LogP contribution in [0.5, 0.6) is 0 Å². The highest BCUT2D eigenvalue weighted by atomic mass is 32.2. The lowest BCUT2D eigenvalue weighted by Crippen LogP contribution is -2.28. The third kappa shape index (κ3) is 5.27. The zero-order chi connectivity index (χ0) is 21.6. The molecule has 0 unspecified atom stereocenters. The van der Waals surface area contributed by atoms with Crippen LogP contribution in [0, 0.1) is 0 Å². The third-order valence-electron chi connectivity index (χ3n) is 5.27. The first-order valence-corrected chi connectivity index (χ1v) is 11.3. The molecule has 6 heteroatoms. The molecule has 3 aromatic carbocycles. The number of hydrogen-bond donors (Lipinski definition) is 2. The number of thioether (sulfide) groups is 1. The normalized spacial score (nSPS) is 12.8. The summed E-state index contributed by atoms with van der Waals surface area (Å²) in [6.45, 7) is 1.90. The number of carbonyl (C=O) groups is 2. The summed E-state index contributed by atoms with van der Waals surface area (Å²) in [5.41, 5.74) is 10.3. The summed E-state index contributed by atoms with van der Waals surface area (Å²) in [6.07, 6.45) is 2.08. The summed E-state index contributed by atoms with van der Waals surface area (Å²) < 4.78 is 0. The van der Waals surface area contributed by atoms with E-state index < -0.39 is 5.91 Å². The molecule has 1 aliphatic rings. The predicted octanol–water partition coefficient (Wildman–Crippen LogP) is 4.47. The third-order valence-corrected chi connectivity index (χ3v) is 6.37. The van der Waals surface area contributed by atoms with Gasteiger partial charge in [0.15, 0.2) is 0 Å². The van der Waals surface area contributed by atoms with Crippen molar-refractivity contribution in [2.75, 3.05) is 22.5 Å². The monoisotopic (exact) mass is 431 g/mol. The first-order chi connectivity index (χ1) is 15.1. The Labute approximate surface area is 186 Å². The van der Waals surface area contributed by atoms with Crippen LogP contribution in [0.2, 0.25) is 0 Å². The van der Waals surface area contributed by atoms with E-state index in [1.165, 1.54) is 28.6 Å². The second kappa shape index (κ2) is 9.71. The Kier molecular flexibility index (Phi) is 6.57. The Hall–Kier alpha value is -3.25. The minimum absolute atomic E-state index is 0.139. The molecule has 0 radical (unpaired) electrons. The van der Waals surface area contributed by atoms with Crippen LogP contribution >= 0.6 is 11.8 Å². The molecule has 0 saturated carbocycles. The molecule has 1 aliphatic heterocycles. The van der Waals surface area contributed by atoms with Gasteiger partial charge in [-0.2, -0.15) is 0 Å². The molecule has 0 aromatic heterocycles. The van der Waals surface area contributed by atoms with Crippen LogP contribution in [0.25, 0.3) is 0 Å². The summed E-state index contributed by atoms with van der Waals surface area (Å²) in [7, 11) is 0. The SMILES string of the molecule is NC(=O)CSc1ccccc1C(=O)Nc1ccc2c(c1)CCCN2Cc1ccccc1. The second-order valence-corrected chi connectivity index (χ2v) is 8.58. The lowest BCUT2D eigenvalue weighted by molar-refractivity contribution is -0.115. The molecule has 31 heavy (non-hydrogen) atoms. The van der Waals surface area contributed by atoms with Gasteiger partial charge in [-0.15, -0.1) is 11.8 Å². The van der Waals surface area contributed by atoms with Crippen LogP contribution in [0.15, 0.2) is 77.7 Å². The number of nitrogens with two attached hydrogens (primary N) is 1. The Morgan fingerprint density at radius 3 is 2.58 bits per heavy atom. The van der Waals surface area contributed by atoms with Gasteiger partial charge in [0.25, 0.3) is 5.91 Å². The molecular weight excluding hydrogens is 406 g/mol. The molecule has 3 aromatic rings. The number of carbonyl (C=O) groups excluding carboxylic acids is 2. The summed E-state index contributed by atoms with van der Waals surface area (Å²) in [5, 5.41) is 3.01. The van der Waals surface area contributed by atoms with Crippen LogP contribution in [-0.4, -0.2) is 24.1 Å². The molecule has 3 N–H and O–H groups in total. The van der Waals surface area contributed by atoms with E-state index in [-0.39, 0.29) is 11.7 Å². The van der Waals surface area contributed by atoms with Crippen molar-refractivity contribution < 1.29 is 9.59 Å². The minimum atomic E-state index is -0.407. The number of anilines is 2. The van der Waals surface area contributed by atoms with Crippen LogP contribution in [0.3, 0.4) is 0 Å². The fourth-order valence-electron chi connectivity index (χ4n) is 3.85. The summed E-state index contributed by atoms with van der Waals surface area (Å²) in [6, 6.07) is 23.9. The van der Waals surface area contributed by atoms with E-state index in [1.807, 2.05) is 30.3 Å². The molecule has 158 valence electrons. The number of primary amides is 1. The van der Waals surface area contributed by atoms with Crippen molar-refractivity contribution in [2.24, 2.45) is 5.73 Å². The Balaban J connectivity index is 1.50. The molecule has 0 fully saturated rings. The van der Waals surface area contributed by atoms with Gasteiger partial charge in [0.05, 0.1) is 11.3 Å². The highest BCUT2D eigenvalue weighted by Crippen LogP contribution is 2.31. The molecule has 4 rings (SSSR count). The molecule has 5 nitrogen and oxygen atoms in total. The van der Waals surface area contributed by atoms with Crippen molar-refractivity contribution in [2.45, 2.75) is 24.3 Å². The number of hydrogen-bond acceptors (Lipinski definition) is 4. The molecule has 0 spiro atoms. The van der Waals surface area contributed by atoms with Gasteiger partial charge in [0, 0.05) is 29.4 Å². The van der Waals surface area contributed by atoms with Gasteiger partial charge in [-0.25, -0.2) is 0 Å². The average molecular weight is 432 g/mol. The van der Waals surface area contributed by atoms with E-state index >= 15 is 0 Å². The number of fused-ring (bicyclic) bond motifs is 1. The van der Waals surface area contributed by atoms with Crippen LogP contribution in [0.1, 0.15) is 27.9 Å². The van der Waals surface area contributed by atoms with Crippen molar-refractivity contribution in [3.8, 4) is 0 Å². The Bertz CT molecular complexity index is 1090. The topological polar surface area (TPSA) is 75.4 Å². The zero-order valence-corrected chi connectivity index (χ0v) is 18.0. The van der Waals surface area contributed by atoms with E-state index in [9.17, 15) is 9.59 Å². The number of rotatable bonds is 7. The van der Waals surface area contributed by atoms with Crippen molar-refractivity contribution >= 4 is 35.0 Å². The van der Waals surface area contributed by atoms with Gasteiger partial charge in [0.2, 0.25) is 5.91 Å². The van der Waals surface area contributed by atoms with E-state index in [2.05, 4.69) is 46.6 Å². The number of benzene rings is 3. The smallest absolute Gasteiger partial charge is 0.256 e. The molecule has 0 bridgehead atoms. The van der Waals surface area contributed by atoms with Crippen molar-refractivity contribution in [3.05, 3.63) is 89.5 Å². The Morgan fingerprint density at radius 1 is 1.00 bits per heavy atom. The fraction of sp³-hybridized carbons (Fsp3) is 0.200. The molecule has 0 atom stereocenters. The molecule has 2 amide bonds. The van der Waals surface area contributed by atoms with Crippen LogP contribution in [0.4, 0.5) is 11.4 Å². The number of amides is 2. The maximum Gasteiger partial charge on any atom is 0.256 e. The van der Waals surface area contributed by atoms with Gasteiger partial charge in [0.1, 0.15) is 0 Å². The highest BCUT2D eigenvalue weighted by Gasteiger charge is 2.19. The van der Waals surface area contributed by atoms with Gasteiger partial charge >= 0.3 is 0 Å². The quantitative estimate of drug-likeness (QED) is 0.541. The zero-order valence-electron chi connectivity index (χ0n) is 17.2. The number of nitrogens with zero attached hydrogens (tertiary/aromatic N) is 1. The number of aryl methyl sites for hydroxylation is 1. The number of nitrogens with one attached hydrogen (secondary N) is 1. The first-order valence-electron chi connectivity index (χ1n) is 10.3. The fourth-order valence-corrected chi connectivity index (χ4v) is 4.64. The van der Waals surface area contributed by atoms with Gasteiger partial charge in [-0.05, 0) is 54.3 Å². The van der Waals surface area contributed by atoms with Crippen molar-refractivity contribution in [1.82, 2.24) is 0 Å². The second-order valence-electron chi connectivity index (χ2n) is 7.56. The van der Waals surface area contributed by atoms with E-state index in [0.717, 1.165) is 36.5 Å². The lowest BCUT2D eigenvalue weighted by atomic mass is 10.00.